The number of ether oxygens (including phenoxy) is 1. The van der Waals surface area contributed by atoms with Crippen LogP contribution in [-0.2, 0) is 9.53 Å². The molecule has 2 atom stereocenters. The average Bonchev–Trinajstić information content (AvgIpc) is 2.48. The molecular formula is C18H23Cl2NO2. The molecule has 126 valence electrons. The summed E-state index contributed by atoms with van der Waals surface area (Å²) in [6, 6.07) is 5.18. The van der Waals surface area contributed by atoms with Crippen LogP contribution >= 0.6 is 23.2 Å². The van der Waals surface area contributed by atoms with Gasteiger partial charge < -0.3 is 9.64 Å². The Labute approximate surface area is 148 Å². The van der Waals surface area contributed by atoms with Crippen LogP contribution in [0.25, 0.3) is 6.08 Å². The van der Waals surface area contributed by atoms with Gasteiger partial charge in [-0.2, -0.15) is 0 Å². The second-order valence-electron chi connectivity index (χ2n) is 6.28. The summed E-state index contributed by atoms with van der Waals surface area (Å²) in [7, 11) is 4.10. The predicted octanol–water partition coefficient (Wildman–Crippen LogP) is 4.67. The molecule has 3 nitrogen and oxygen atoms in total. The van der Waals surface area contributed by atoms with Crippen LogP contribution in [-0.4, -0.2) is 37.6 Å². The molecule has 0 unspecified atom stereocenters. The first-order valence-corrected chi connectivity index (χ1v) is 8.70. The van der Waals surface area contributed by atoms with Crippen LogP contribution in [0.15, 0.2) is 24.3 Å². The highest BCUT2D eigenvalue weighted by molar-refractivity contribution is 6.35. The van der Waals surface area contributed by atoms with Crippen LogP contribution < -0.4 is 0 Å². The Morgan fingerprint density at radius 3 is 2.74 bits per heavy atom. The minimum absolute atomic E-state index is 0.00369. The molecule has 0 heterocycles. The number of rotatable bonds is 5. The van der Waals surface area contributed by atoms with E-state index in [0.29, 0.717) is 16.0 Å². The van der Waals surface area contributed by atoms with Gasteiger partial charge in [0, 0.05) is 28.6 Å². The van der Waals surface area contributed by atoms with E-state index in [0.717, 1.165) is 31.4 Å². The zero-order valence-corrected chi connectivity index (χ0v) is 15.1. The third-order valence-corrected chi connectivity index (χ3v) is 4.63. The van der Waals surface area contributed by atoms with E-state index in [1.807, 2.05) is 0 Å². The van der Waals surface area contributed by atoms with Crippen molar-refractivity contribution >= 4 is 35.2 Å². The van der Waals surface area contributed by atoms with Gasteiger partial charge >= 0.3 is 5.97 Å². The molecule has 5 heteroatoms. The molecule has 0 bridgehead atoms. The van der Waals surface area contributed by atoms with Gasteiger partial charge in [0.25, 0.3) is 0 Å². The molecule has 0 spiro atoms. The Morgan fingerprint density at radius 1 is 1.30 bits per heavy atom. The summed E-state index contributed by atoms with van der Waals surface area (Å²) in [4.78, 5) is 14.3. The summed E-state index contributed by atoms with van der Waals surface area (Å²) in [5, 5.41) is 1.09. The fourth-order valence-corrected chi connectivity index (χ4v) is 3.46. The monoisotopic (exact) mass is 355 g/mol. The van der Waals surface area contributed by atoms with Gasteiger partial charge in [-0.1, -0.05) is 35.7 Å². The van der Waals surface area contributed by atoms with Crippen molar-refractivity contribution in [3.8, 4) is 0 Å². The molecule has 0 N–H and O–H groups in total. The third-order valence-electron chi connectivity index (χ3n) is 4.07. The maximum atomic E-state index is 12.1. The fraction of sp³-hybridized carbons (Fsp3) is 0.500. The zero-order chi connectivity index (χ0) is 16.8. The molecule has 1 saturated carbocycles. The van der Waals surface area contributed by atoms with Gasteiger partial charge in [0.1, 0.15) is 6.10 Å². The minimum Gasteiger partial charge on any atom is -0.459 e. The number of benzene rings is 1. The Morgan fingerprint density at radius 2 is 2.04 bits per heavy atom. The summed E-state index contributed by atoms with van der Waals surface area (Å²) in [5.41, 5.74) is 0.751. The summed E-state index contributed by atoms with van der Waals surface area (Å²) < 4.78 is 5.67. The Bertz CT molecular complexity index is 572. The Kier molecular flexibility index (Phi) is 6.94. The van der Waals surface area contributed by atoms with Gasteiger partial charge in [0.2, 0.25) is 0 Å². The summed E-state index contributed by atoms with van der Waals surface area (Å²) in [5.74, 6) is 0.0990. The molecule has 1 fully saturated rings. The average molecular weight is 356 g/mol. The minimum atomic E-state index is -0.313. The first kappa shape index (κ1) is 18.3. The van der Waals surface area contributed by atoms with Crippen molar-refractivity contribution in [3.05, 3.63) is 39.9 Å². The topological polar surface area (TPSA) is 29.5 Å². The van der Waals surface area contributed by atoms with Crippen molar-refractivity contribution in [1.29, 1.82) is 0 Å². The van der Waals surface area contributed by atoms with Crippen LogP contribution in [0.5, 0.6) is 0 Å². The lowest BCUT2D eigenvalue weighted by molar-refractivity contribution is -0.147. The summed E-state index contributed by atoms with van der Waals surface area (Å²) in [6.07, 6.45) is 7.50. The van der Waals surface area contributed by atoms with Crippen LogP contribution in [0.4, 0.5) is 0 Å². The van der Waals surface area contributed by atoms with Crippen LogP contribution in [0.1, 0.15) is 31.2 Å². The van der Waals surface area contributed by atoms with E-state index in [4.69, 9.17) is 27.9 Å². The third kappa shape index (κ3) is 5.83. The number of esters is 1. The SMILES string of the molecule is CN(C)C[C@@H]1CCCC[C@@H]1OC(=O)/C=C/c1ccc(Cl)cc1Cl. The molecule has 2 rings (SSSR count). The van der Waals surface area contributed by atoms with Crippen LogP contribution in [0.2, 0.25) is 10.0 Å². The van der Waals surface area contributed by atoms with E-state index in [9.17, 15) is 4.79 Å². The van der Waals surface area contributed by atoms with Crippen molar-refractivity contribution in [1.82, 2.24) is 4.90 Å². The molecule has 0 aromatic heterocycles. The van der Waals surface area contributed by atoms with Gasteiger partial charge in [-0.25, -0.2) is 4.79 Å². The molecule has 0 radical (unpaired) electrons. The standard InChI is InChI=1S/C18H23Cl2NO2/c1-21(2)12-14-5-3-4-6-17(14)23-18(22)10-8-13-7-9-15(19)11-16(13)20/h7-11,14,17H,3-6,12H2,1-2H3/b10-8+/t14-,17-/m0/s1. The quantitative estimate of drug-likeness (QED) is 0.567. The lowest BCUT2D eigenvalue weighted by Gasteiger charge is -2.32. The number of carbonyl (C=O) groups excluding carboxylic acids is 1. The van der Waals surface area contributed by atoms with Crippen molar-refractivity contribution < 1.29 is 9.53 Å². The van der Waals surface area contributed by atoms with Crippen molar-refractivity contribution in [2.45, 2.75) is 31.8 Å². The van der Waals surface area contributed by atoms with Crippen molar-refractivity contribution in [2.24, 2.45) is 5.92 Å². The Hall–Kier alpha value is -1.03. The van der Waals surface area contributed by atoms with E-state index in [-0.39, 0.29) is 12.1 Å². The molecule has 0 amide bonds. The van der Waals surface area contributed by atoms with Crippen molar-refractivity contribution in [2.75, 3.05) is 20.6 Å². The van der Waals surface area contributed by atoms with E-state index >= 15 is 0 Å². The first-order chi connectivity index (χ1) is 11.0. The number of nitrogens with zero attached hydrogens (tertiary/aromatic N) is 1. The second kappa shape index (κ2) is 8.72. The molecule has 0 saturated heterocycles. The lowest BCUT2D eigenvalue weighted by Crippen LogP contribution is -2.36. The predicted molar refractivity (Wildman–Crippen MR) is 95.9 cm³/mol. The van der Waals surface area contributed by atoms with Crippen LogP contribution in [0.3, 0.4) is 0 Å². The largest absolute Gasteiger partial charge is 0.459 e. The fourth-order valence-electron chi connectivity index (χ4n) is 2.99. The molecule has 1 aromatic rings. The Balaban J connectivity index is 1.95. The number of hydrogen-bond acceptors (Lipinski definition) is 3. The van der Waals surface area contributed by atoms with Crippen molar-refractivity contribution in [3.63, 3.8) is 0 Å². The smallest absolute Gasteiger partial charge is 0.331 e. The molecular weight excluding hydrogens is 333 g/mol. The second-order valence-corrected chi connectivity index (χ2v) is 7.12. The highest BCUT2D eigenvalue weighted by Crippen LogP contribution is 2.28. The van der Waals surface area contributed by atoms with Gasteiger partial charge in [-0.15, -0.1) is 0 Å². The highest BCUT2D eigenvalue weighted by Gasteiger charge is 2.28. The van der Waals surface area contributed by atoms with E-state index < -0.39 is 0 Å². The molecule has 1 aliphatic rings. The summed E-state index contributed by atoms with van der Waals surface area (Å²) >= 11 is 12.0. The van der Waals surface area contributed by atoms with Gasteiger partial charge in [0.15, 0.2) is 0 Å². The van der Waals surface area contributed by atoms with E-state index in [1.165, 1.54) is 12.5 Å². The maximum absolute atomic E-state index is 12.1. The number of halogens is 2. The number of carbonyl (C=O) groups is 1. The molecule has 0 aliphatic heterocycles. The summed E-state index contributed by atoms with van der Waals surface area (Å²) in [6.45, 7) is 0.949. The maximum Gasteiger partial charge on any atom is 0.331 e. The number of hydrogen-bond donors (Lipinski definition) is 0. The van der Waals surface area contributed by atoms with Gasteiger partial charge in [-0.3, -0.25) is 0 Å². The highest BCUT2D eigenvalue weighted by atomic mass is 35.5. The van der Waals surface area contributed by atoms with Gasteiger partial charge in [0.05, 0.1) is 0 Å². The molecule has 1 aliphatic carbocycles. The normalized spacial score (nSPS) is 21.8. The molecule has 23 heavy (non-hydrogen) atoms. The first-order valence-electron chi connectivity index (χ1n) is 7.94. The lowest BCUT2D eigenvalue weighted by atomic mass is 9.86. The van der Waals surface area contributed by atoms with Crippen LogP contribution in [0, 0.1) is 5.92 Å². The van der Waals surface area contributed by atoms with Gasteiger partial charge in [-0.05, 0) is 57.1 Å². The van der Waals surface area contributed by atoms with E-state index in [2.05, 4.69) is 19.0 Å². The molecule has 1 aromatic carbocycles. The van der Waals surface area contributed by atoms with E-state index in [1.54, 1.807) is 24.3 Å². The zero-order valence-electron chi connectivity index (χ0n) is 13.6.